The van der Waals surface area contributed by atoms with Crippen molar-refractivity contribution in [2.24, 2.45) is 0 Å². The molecule has 1 aliphatic rings. The standard InChI is InChI=1S/C16H18BN/c1-4-8-13(9-5-2)16(3)12-18(17)15-11-7-6-10-14(15)16/h4-11H,1,12H2,2-3H3/b9-5?,13-8+. The van der Waals surface area contributed by atoms with Gasteiger partial charge in [-0.25, -0.2) is 0 Å². The van der Waals surface area contributed by atoms with E-state index in [0.29, 0.717) is 0 Å². The predicted molar refractivity (Wildman–Crippen MR) is 80.0 cm³/mol. The van der Waals surface area contributed by atoms with E-state index < -0.39 is 0 Å². The highest BCUT2D eigenvalue weighted by molar-refractivity contribution is 6.19. The van der Waals surface area contributed by atoms with Gasteiger partial charge < -0.3 is 4.81 Å². The molecule has 0 saturated heterocycles. The van der Waals surface area contributed by atoms with Gasteiger partial charge in [0.05, 0.1) is 0 Å². The SMILES string of the molecule is [B]N1CC(C)(/C(C=CC)=C/C=C)c2ccccc21. The van der Waals surface area contributed by atoms with E-state index in [-0.39, 0.29) is 5.41 Å². The second-order valence-electron chi connectivity index (χ2n) is 4.83. The molecule has 2 radical (unpaired) electrons. The van der Waals surface area contributed by atoms with Crippen molar-refractivity contribution in [2.45, 2.75) is 19.3 Å². The zero-order valence-corrected chi connectivity index (χ0v) is 11.1. The lowest BCUT2D eigenvalue weighted by Crippen LogP contribution is -2.30. The minimum Gasteiger partial charge on any atom is -0.423 e. The molecule has 0 spiro atoms. The van der Waals surface area contributed by atoms with Crippen LogP contribution in [0.2, 0.25) is 0 Å². The molecule has 1 atom stereocenters. The van der Waals surface area contributed by atoms with E-state index >= 15 is 0 Å². The minimum absolute atomic E-state index is 0.0773. The second-order valence-corrected chi connectivity index (χ2v) is 4.83. The van der Waals surface area contributed by atoms with Crippen LogP contribution in [0.3, 0.4) is 0 Å². The Bertz CT molecular complexity index is 516. The molecule has 0 aromatic heterocycles. The molecule has 1 heterocycles. The summed E-state index contributed by atoms with van der Waals surface area (Å²) in [4.78, 5) is 1.83. The van der Waals surface area contributed by atoms with Crippen molar-refractivity contribution in [3.8, 4) is 0 Å². The molecule has 90 valence electrons. The molecule has 0 N–H and O–H groups in total. The first-order valence-corrected chi connectivity index (χ1v) is 6.21. The number of fused-ring (bicyclic) bond motifs is 1. The lowest BCUT2D eigenvalue weighted by Gasteiger charge is -2.27. The van der Waals surface area contributed by atoms with Gasteiger partial charge in [-0.05, 0) is 31.1 Å². The van der Waals surface area contributed by atoms with Crippen molar-refractivity contribution in [1.29, 1.82) is 0 Å². The summed E-state index contributed by atoms with van der Waals surface area (Å²) in [6.07, 6.45) is 8.10. The topological polar surface area (TPSA) is 3.24 Å². The molecule has 1 aromatic rings. The third kappa shape index (κ3) is 1.92. The van der Waals surface area contributed by atoms with Crippen LogP contribution in [0.5, 0.6) is 0 Å². The summed E-state index contributed by atoms with van der Waals surface area (Å²) >= 11 is 0. The number of benzene rings is 1. The van der Waals surface area contributed by atoms with Crippen molar-refractivity contribution in [3.05, 3.63) is 66.3 Å². The van der Waals surface area contributed by atoms with Crippen LogP contribution in [0.4, 0.5) is 5.69 Å². The van der Waals surface area contributed by atoms with Crippen molar-refractivity contribution in [3.63, 3.8) is 0 Å². The summed E-state index contributed by atoms with van der Waals surface area (Å²) in [5.74, 6) is 0. The first-order valence-electron chi connectivity index (χ1n) is 6.21. The normalized spacial score (nSPS) is 23.4. The summed E-state index contributed by atoms with van der Waals surface area (Å²) in [5.41, 5.74) is 3.55. The number of para-hydroxylation sites is 1. The van der Waals surface area contributed by atoms with Crippen molar-refractivity contribution in [1.82, 2.24) is 0 Å². The lowest BCUT2D eigenvalue weighted by molar-refractivity contribution is 0.621. The number of hydrogen-bond acceptors (Lipinski definition) is 1. The number of hydrogen-bond donors (Lipinski definition) is 0. The van der Waals surface area contributed by atoms with Gasteiger partial charge in [0.1, 0.15) is 0 Å². The fraction of sp³-hybridized carbons (Fsp3) is 0.250. The Morgan fingerprint density at radius 1 is 1.44 bits per heavy atom. The zero-order chi connectivity index (χ0) is 13.2. The van der Waals surface area contributed by atoms with Crippen LogP contribution in [0, 0.1) is 0 Å². The van der Waals surface area contributed by atoms with Gasteiger partial charge in [0.25, 0.3) is 0 Å². The number of nitrogens with zero attached hydrogens (tertiary/aromatic N) is 1. The molecule has 1 aromatic carbocycles. The van der Waals surface area contributed by atoms with E-state index in [1.54, 1.807) is 0 Å². The largest absolute Gasteiger partial charge is 0.423 e. The Kier molecular flexibility index (Phi) is 3.47. The Labute approximate surface area is 111 Å². The van der Waals surface area contributed by atoms with Gasteiger partial charge in [0.15, 0.2) is 0 Å². The van der Waals surface area contributed by atoms with Gasteiger partial charge in [-0.15, -0.1) is 0 Å². The molecule has 0 aliphatic carbocycles. The first-order chi connectivity index (χ1) is 8.63. The summed E-state index contributed by atoms with van der Waals surface area (Å²) in [6.45, 7) is 8.85. The fourth-order valence-corrected chi connectivity index (χ4v) is 2.68. The number of rotatable bonds is 3. The molecule has 2 rings (SSSR count). The van der Waals surface area contributed by atoms with E-state index in [9.17, 15) is 0 Å². The molecule has 1 aliphatic heterocycles. The molecular weight excluding hydrogens is 217 g/mol. The summed E-state index contributed by atoms with van der Waals surface area (Å²) in [5, 5.41) is 0. The highest BCUT2D eigenvalue weighted by Crippen LogP contribution is 2.44. The van der Waals surface area contributed by atoms with Gasteiger partial charge in [0, 0.05) is 17.6 Å². The highest BCUT2D eigenvalue weighted by Gasteiger charge is 2.38. The molecule has 0 saturated carbocycles. The first kappa shape index (κ1) is 12.8. The average molecular weight is 235 g/mol. The highest BCUT2D eigenvalue weighted by atomic mass is 15.1. The molecule has 0 fully saturated rings. The number of allylic oxidation sites excluding steroid dienone is 4. The summed E-state index contributed by atoms with van der Waals surface area (Å²) in [6, 6.07) is 8.32. The van der Waals surface area contributed by atoms with Crippen LogP contribution in [0.25, 0.3) is 0 Å². The Morgan fingerprint density at radius 2 is 2.17 bits per heavy atom. The maximum atomic E-state index is 6.11. The van der Waals surface area contributed by atoms with Crippen LogP contribution in [0.1, 0.15) is 19.4 Å². The average Bonchev–Trinajstić information content (AvgIpc) is 2.63. The zero-order valence-electron chi connectivity index (χ0n) is 11.1. The van der Waals surface area contributed by atoms with Crippen molar-refractivity contribution in [2.75, 3.05) is 11.4 Å². The quantitative estimate of drug-likeness (QED) is 0.572. The Hall–Kier alpha value is -1.70. The van der Waals surface area contributed by atoms with E-state index in [1.165, 1.54) is 11.1 Å². The van der Waals surface area contributed by atoms with Crippen molar-refractivity contribution < 1.29 is 0 Å². The summed E-state index contributed by atoms with van der Waals surface area (Å²) < 4.78 is 0. The van der Waals surface area contributed by atoms with Gasteiger partial charge in [-0.2, -0.15) is 0 Å². The van der Waals surface area contributed by atoms with Crippen LogP contribution in [-0.2, 0) is 5.41 Å². The Balaban J connectivity index is 2.56. The van der Waals surface area contributed by atoms with E-state index in [0.717, 1.165) is 12.2 Å². The molecule has 0 amide bonds. The van der Waals surface area contributed by atoms with E-state index in [1.807, 2.05) is 23.9 Å². The Morgan fingerprint density at radius 3 is 2.83 bits per heavy atom. The van der Waals surface area contributed by atoms with E-state index in [2.05, 4.69) is 49.9 Å². The molecule has 1 unspecified atom stereocenters. The van der Waals surface area contributed by atoms with Crippen LogP contribution in [-0.4, -0.2) is 14.5 Å². The lowest BCUT2D eigenvalue weighted by atomic mass is 9.77. The minimum atomic E-state index is -0.0773. The monoisotopic (exact) mass is 235 g/mol. The second kappa shape index (κ2) is 4.89. The summed E-state index contributed by atoms with van der Waals surface area (Å²) in [7, 11) is 6.11. The van der Waals surface area contributed by atoms with Crippen LogP contribution < -0.4 is 4.81 Å². The van der Waals surface area contributed by atoms with Crippen LogP contribution in [0.15, 0.2) is 60.7 Å². The maximum absolute atomic E-state index is 6.11. The molecular formula is C16H18BN. The molecule has 1 nitrogen and oxygen atoms in total. The van der Waals surface area contributed by atoms with Gasteiger partial charge >= 0.3 is 0 Å². The predicted octanol–water partition coefficient (Wildman–Crippen LogP) is 3.54. The van der Waals surface area contributed by atoms with Crippen LogP contribution >= 0.6 is 0 Å². The molecule has 18 heavy (non-hydrogen) atoms. The van der Waals surface area contributed by atoms with E-state index in [4.69, 9.17) is 7.98 Å². The van der Waals surface area contributed by atoms with Gasteiger partial charge in [-0.3, -0.25) is 0 Å². The van der Waals surface area contributed by atoms with Gasteiger partial charge in [0.2, 0.25) is 7.98 Å². The maximum Gasteiger partial charge on any atom is 0.226 e. The third-order valence-corrected chi connectivity index (χ3v) is 3.58. The number of anilines is 1. The smallest absolute Gasteiger partial charge is 0.226 e. The molecule has 0 bridgehead atoms. The fourth-order valence-electron chi connectivity index (χ4n) is 2.68. The van der Waals surface area contributed by atoms with Crippen molar-refractivity contribution >= 4 is 13.7 Å². The van der Waals surface area contributed by atoms with Gasteiger partial charge in [-0.1, -0.05) is 49.1 Å². The third-order valence-electron chi connectivity index (χ3n) is 3.58. The molecule has 2 heteroatoms.